The third-order valence-corrected chi connectivity index (χ3v) is 5.36. The number of amides is 1. The number of ether oxygens (including phenoxy) is 1. The smallest absolute Gasteiger partial charge is 0.341 e. The lowest BCUT2D eigenvalue weighted by atomic mass is 10.0. The summed E-state index contributed by atoms with van der Waals surface area (Å²) in [6.07, 6.45) is 0.174. The summed E-state index contributed by atoms with van der Waals surface area (Å²) >= 11 is 13.1. The molecule has 4 nitrogen and oxygen atoms in total. The van der Waals surface area contributed by atoms with Gasteiger partial charge in [0.1, 0.15) is 10.6 Å². The Bertz CT molecular complexity index is 982. The molecule has 3 aromatic rings. The van der Waals surface area contributed by atoms with Gasteiger partial charge in [0.15, 0.2) is 0 Å². The van der Waals surface area contributed by atoms with E-state index >= 15 is 0 Å². The van der Waals surface area contributed by atoms with Gasteiger partial charge in [0.25, 0.3) is 0 Å². The highest BCUT2D eigenvalue weighted by molar-refractivity contribution is 7.15. The number of hydrogen-bond acceptors (Lipinski definition) is 4. The second-order valence-electron chi connectivity index (χ2n) is 5.93. The third-order valence-electron chi connectivity index (χ3n) is 3.96. The first-order valence-electron chi connectivity index (χ1n) is 8.56. The average molecular weight is 434 g/mol. The van der Waals surface area contributed by atoms with Gasteiger partial charge in [-0.1, -0.05) is 47.5 Å². The van der Waals surface area contributed by atoms with E-state index in [4.69, 9.17) is 27.9 Å². The maximum Gasteiger partial charge on any atom is 0.341 e. The highest BCUT2D eigenvalue weighted by atomic mass is 35.5. The minimum absolute atomic E-state index is 0.174. The number of nitrogens with one attached hydrogen (secondary N) is 1. The summed E-state index contributed by atoms with van der Waals surface area (Å²) in [5, 5.41) is 6.34. The summed E-state index contributed by atoms with van der Waals surface area (Å²) < 4.78 is 5.20. The van der Waals surface area contributed by atoms with Gasteiger partial charge in [-0.05, 0) is 42.3 Å². The maximum absolute atomic E-state index is 12.6. The zero-order valence-electron chi connectivity index (χ0n) is 15.0. The minimum Gasteiger partial charge on any atom is -0.462 e. The molecule has 1 heterocycles. The number of anilines is 1. The summed E-state index contributed by atoms with van der Waals surface area (Å²) in [6, 6.07) is 14.2. The molecule has 0 atom stereocenters. The van der Waals surface area contributed by atoms with Gasteiger partial charge in [0, 0.05) is 21.0 Å². The van der Waals surface area contributed by atoms with Crippen molar-refractivity contribution >= 4 is 51.4 Å². The number of hydrogen-bond donors (Lipinski definition) is 1. The van der Waals surface area contributed by atoms with Crippen LogP contribution in [0.3, 0.4) is 0 Å². The van der Waals surface area contributed by atoms with E-state index in [-0.39, 0.29) is 18.9 Å². The van der Waals surface area contributed by atoms with Crippen LogP contribution in [0.4, 0.5) is 5.00 Å². The van der Waals surface area contributed by atoms with Gasteiger partial charge in [-0.25, -0.2) is 4.79 Å². The molecule has 1 N–H and O–H groups in total. The van der Waals surface area contributed by atoms with Gasteiger partial charge >= 0.3 is 5.97 Å². The number of carbonyl (C=O) groups is 2. The van der Waals surface area contributed by atoms with Crippen molar-refractivity contribution < 1.29 is 14.3 Å². The molecule has 1 amide bonds. The molecule has 0 spiro atoms. The molecule has 7 heteroatoms. The molecule has 0 aliphatic rings. The number of thiophene rings is 1. The first-order chi connectivity index (χ1) is 13.5. The summed E-state index contributed by atoms with van der Waals surface area (Å²) in [4.78, 5) is 25.0. The highest BCUT2D eigenvalue weighted by Crippen LogP contribution is 2.36. The largest absolute Gasteiger partial charge is 0.462 e. The number of carbonyl (C=O) groups excluding carboxylic acids is 2. The molecule has 0 aliphatic heterocycles. The van der Waals surface area contributed by atoms with Gasteiger partial charge in [0.05, 0.1) is 13.0 Å². The zero-order chi connectivity index (χ0) is 20.1. The molecule has 0 saturated heterocycles. The molecule has 3 rings (SSSR count). The van der Waals surface area contributed by atoms with Crippen LogP contribution in [0.5, 0.6) is 0 Å². The Morgan fingerprint density at radius 2 is 1.61 bits per heavy atom. The van der Waals surface area contributed by atoms with Crippen LogP contribution in [0.2, 0.25) is 10.0 Å². The van der Waals surface area contributed by atoms with Crippen LogP contribution in [0.15, 0.2) is 53.9 Å². The molecule has 144 valence electrons. The Morgan fingerprint density at radius 1 is 1.00 bits per heavy atom. The van der Waals surface area contributed by atoms with E-state index < -0.39 is 5.97 Å². The second kappa shape index (κ2) is 9.24. The average Bonchev–Trinajstić information content (AvgIpc) is 3.08. The number of benzene rings is 2. The molecular weight excluding hydrogens is 417 g/mol. The van der Waals surface area contributed by atoms with Gasteiger partial charge < -0.3 is 10.1 Å². The van der Waals surface area contributed by atoms with Crippen LogP contribution in [0.1, 0.15) is 22.8 Å². The molecule has 0 bridgehead atoms. The number of halogens is 2. The van der Waals surface area contributed by atoms with Gasteiger partial charge in [0.2, 0.25) is 5.91 Å². The fourth-order valence-electron chi connectivity index (χ4n) is 2.66. The summed E-state index contributed by atoms with van der Waals surface area (Å²) in [7, 11) is 0. The summed E-state index contributed by atoms with van der Waals surface area (Å²) in [6.45, 7) is 1.98. The van der Waals surface area contributed by atoms with Crippen molar-refractivity contribution in [3.05, 3.63) is 75.1 Å². The Labute approximate surface area is 177 Å². The molecule has 0 fully saturated rings. The van der Waals surface area contributed by atoms with Crippen molar-refractivity contribution in [2.75, 3.05) is 11.9 Å². The maximum atomic E-state index is 12.6. The topological polar surface area (TPSA) is 55.4 Å². The molecule has 2 aromatic carbocycles. The lowest BCUT2D eigenvalue weighted by molar-refractivity contribution is -0.115. The number of rotatable bonds is 6. The van der Waals surface area contributed by atoms with Crippen molar-refractivity contribution in [1.29, 1.82) is 0 Å². The standard InChI is InChI=1S/C21H17Cl2NO3S/c1-2-27-21(26)19-17(14-5-9-16(23)10-6-14)12-28-20(19)24-18(25)11-13-3-7-15(22)8-4-13/h3-10,12H,2,11H2,1H3,(H,24,25). The lowest BCUT2D eigenvalue weighted by Gasteiger charge is -2.09. The van der Waals surface area contributed by atoms with Crippen molar-refractivity contribution in [1.82, 2.24) is 0 Å². The van der Waals surface area contributed by atoms with Crippen molar-refractivity contribution in [3.63, 3.8) is 0 Å². The lowest BCUT2D eigenvalue weighted by Crippen LogP contribution is -2.16. The highest BCUT2D eigenvalue weighted by Gasteiger charge is 2.22. The van der Waals surface area contributed by atoms with Crippen molar-refractivity contribution in [2.24, 2.45) is 0 Å². The fraction of sp³-hybridized carbons (Fsp3) is 0.143. The van der Waals surface area contributed by atoms with Gasteiger partial charge in [-0.15, -0.1) is 11.3 Å². The summed E-state index contributed by atoms with van der Waals surface area (Å²) in [5.74, 6) is -0.701. The Kier molecular flexibility index (Phi) is 6.73. The van der Waals surface area contributed by atoms with Crippen LogP contribution in [-0.2, 0) is 16.0 Å². The quantitative estimate of drug-likeness (QED) is 0.479. The Hall–Kier alpha value is -2.34. The number of esters is 1. The SMILES string of the molecule is CCOC(=O)c1c(-c2ccc(Cl)cc2)csc1NC(=O)Cc1ccc(Cl)cc1. The van der Waals surface area contributed by atoms with E-state index in [1.807, 2.05) is 17.5 Å². The third kappa shape index (κ3) is 4.93. The zero-order valence-corrected chi connectivity index (χ0v) is 17.3. The molecule has 0 aliphatic carbocycles. The normalized spacial score (nSPS) is 10.5. The molecule has 1 aromatic heterocycles. The first-order valence-corrected chi connectivity index (χ1v) is 10.2. The molecule has 0 radical (unpaired) electrons. The van der Waals surface area contributed by atoms with E-state index in [9.17, 15) is 9.59 Å². The monoisotopic (exact) mass is 433 g/mol. The van der Waals surface area contributed by atoms with Crippen molar-refractivity contribution in [2.45, 2.75) is 13.3 Å². The Balaban J connectivity index is 1.87. The molecular formula is C21H17Cl2NO3S. The van der Waals surface area contributed by atoms with Crippen LogP contribution in [0.25, 0.3) is 11.1 Å². The predicted molar refractivity (Wildman–Crippen MR) is 115 cm³/mol. The van der Waals surface area contributed by atoms with Gasteiger partial charge in [-0.2, -0.15) is 0 Å². The van der Waals surface area contributed by atoms with E-state index in [1.54, 1.807) is 43.3 Å². The van der Waals surface area contributed by atoms with E-state index in [2.05, 4.69) is 5.32 Å². The van der Waals surface area contributed by atoms with Crippen LogP contribution in [-0.4, -0.2) is 18.5 Å². The first kappa shape index (κ1) is 20.4. The van der Waals surface area contributed by atoms with Crippen LogP contribution < -0.4 is 5.32 Å². The molecule has 0 saturated carbocycles. The van der Waals surface area contributed by atoms with Crippen LogP contribution in [0, 0.1) is 0 Å². The minimum atomic E-state index is -0.476. The molecule has 28 heavy (non-hydrogen) atoms. The second-order valence-corrected chi connectivity index (χ2v) is 7.68. The van der Waals surface area contributed by atoms with E-state index in [0.29, 0.717) is 26.2 Å². The van der Waals surface area contributed by atoms with Gasteiger partial charge in [-0.3, -0.25) is 4.79 Å². The predicted octanol–water partition coefficient (Wildman–Crippen LogP) is 6.08. The molecule has 0 unspecified atom stereocenters. The summed E-state index contributed by atoms with van der Waals surface area (Å²) in [5.41, 5.74) is 2.69. The van der Waals surface area contributed by atoms with Crippen LogP contribution >= 0.6 is 34.5 Å². The van der Waals surface area contributed by atoms with E-state index in [0.717, 1.165) is 11.1 Å². The Morgan fingerprint density at radius 3 is 2.21 bits per heavy atom. The van der Waals surface area contributed by atoms with E-state index in [1.165, 1.54) is 11.3 Å². The fourth-order valence-corrected chi connectivity index (χ4v) is 3.88. The van der Waals surface area contributed by atoms with Crippen molar-refractivity contribution in [3.8, 4) is 11.1 Å².